The van der Waals surface area contributed by atoms with Crippen molar-refractivity contribution in [3.8, 4) is 0 Å². The molecule has 0 fully saturated rings. The molecule has 0 rings (SSSR count). The number of nitrogens with one attached hydrogen (secondary N) is 2. The zero-order valence-electron chi connectivity index (χ0n) is 16.2. The summed E-state index contributed by atoms with van der Waals surface area (Å²) in [4.78, 5) is 4.56. The molecule has 0 heterocycles. The van der Waals surface area contributed by atoms with Gasteiger partial charge in [0.25, 0.3) is 0 Å². The molecule has 0 saturated carbocycles. The van der Waals surface area contributed by atoms with Crippen molar-refractivity contribution in [1.82, 2.24) is 10.6 Å². The van der Waals surface area contributed by atoms with Gasteiger partial charge in [-0.05, 0) is 52.4 Å². The summed E-state index contributed by atoms with van der Waals surface area (Å²) >= 11 is 0. The Morgan fingerprint density at radius 1 is 1.21 bits per heavy atom. The topological polar surface area (TPSA) is 90.8 Å². The molecule has 0 aromatic rings. The van der Waals surface area contributed by atoms with Crippen LogP contribution in [-0.4, -0.2) is 56.2 Å². The Hall–Kier alpha value is -0.820. The predicted molar refractivity (Wildman–Crippen MR) is 102 cm³/mol. The lowest BCUT2D eigenvalue weighted by Gasteiger charge is -2.20. The second-order valence-electron chi connectivity index (χ2n) is 7.59. The van der Waals surface area contributed by atoms with Crippen LogP contribution in [0.4, 0.5) is 0 Å². The van der Waals surface area contributed by atoms with E-state index in [1.54, 1.807) is 20.8 Å². The molecule has 1 unspecified atom stereocenters. The summed E-state index contributed by atoms with van der Waals surface area (Å²) in [6.45, 7) is 13.3. The molecule has 3 N–H and O–H groups in total. The molecule has 0 aliphatic carbocycles. The molecule has 0 aliphatic rings. The lowest BCUT2D eigenvalue weighted by molar-refractivity contribution is 0.245. The smallest absolute Gasteiger partial charge is 0.191 e. The van der Waals surface area contributed by atoms with E-state index in [4.69, 9.17) is 0 Å². The normalized spacial score (nSPS) is 14.8. The van der Waals surface area contributed by atoms with Gasteiger partial charge in [0.15, 0.2) is 15.8 Å². The molecular weight excluding hydrogens is 326 g/mol. The van der Waals surface area contributed by atoms with Crippen molar-refractivity contribution in [2.45, 2.75) is 59.1 Å². The largest absolute Gasteiger partial charge is 0.396 e. The van der Waals surface area contributed by atoms with E-state index in [1.165, 1.54) is 0 Å². The molecule has 24 heavy (non-hydrogen) atoms. The van der Waals surface area contributed by atoms with Gasteiger partial charge >= 0.3 is 0 Å². The van der Waals surface area contributed by atoms with Crippen molar-refractivity contribution < 1.29 is 13.5 Å². The van der Waals surface area contributed by atoms with Crippen LogP contribution in [0.15, 0.2) is 4.99 Å². The molecule has 0 aromatic carbocycles. The zero-order chi connectivity index (χ0) is 18.8. The van der Waals surface area contributed by atoms with E-state index in [-0.39, 0.29) is 12.4 Å². The minimum atomic E-state index is -3.14. The first kappa shape index (κ1) is 23.2. The Morgan fingerprint density at radius 2 is 1.83 bits per heavy atom. The molecule has 7 heteroatoms. The number of rotatable bonds is 10. The van der Waals surface area contributed by atoms with E-state index in [2.05, 4.69) is 29.5 Å². The highest BCUT2D eigenvalue weighted by molar-refractivity contribution is 7.92. The average molecular weight is 364 g/mol. The zero-order valence-corrected chi connectivity index (χ0v) is 17.0. The number of aliphatic hydroxyl groups excluding tert-OH is 1. The maximum atomic E-state index is 12.1. The van der Waals surface area contributed by atoms with Crippen molar-refractivity contribution in [3.05, 3.63) is 0 Å². The van der Waals surface area contributed by atoms with E-state index >= 15 is 0 Å². The van der Waals surface area contributed by atoms with Gasteiger partial charge in [-0.2, -0.15) is 0 Å². The second kappa shape index (κ2) is 10.9. The summed E-state index contributed by atoms with van der Waals surface area (Å²) in [5, 5.41) is 15.4. The molecule has 6 nitrogen and oxygen atoms in total. The SMILES string of the molecule is CCNC(=NCC(CCO)CC(C)C)NCCS(=O)(=O)C(C)(C)C. The van der Waals surface area contributed by atoms with Crippen LogP contribution in [0.3, 0.4) is 0 Å². The Kier molecular flexibility index (Phi) is 10.6. The summed E-state index contributed by atoms with van der Waals surface area (Å²) in [6.07, 6.45) is 1.75. The Bertz CT molecular complexity index is 468. The molecule has 0 spiro atoms. The minimum absolute atomic E-state index is 0.0764. The molecule has 0 radical (unpaired) electrons. The Balaban J connectivity index is 4.67. The fourth-order valence-electron chi connectivity index (χ4n) is 2.31. The van der Waals surface area contributed by atoms with Crippen LogP contribution in [0.25, 0.3) is 0 Å². The predicted octanol–water partition coefficient (Wildman–Crippen LogP) is 1.80. The number of hydrogen-bond acceptors (Lipinski definition) is 4. The van der Waals surface area contributed by atoms with Gasteiger partial charge in [0.2, 0.25) is 0 Å². The molecular formula is C17H37N3O3S. The van der Waals surface area contributed by atoms with Crippen LogP contribution >= 0.6 is 0 Å². The summed E-state index contributed by atoms with van der Waals surface area (Å²) < 4.78 is 23.5. The number of aliphatic imine (C=N–C) groups is 1. The quantitative estimate of drug-likeness (QED) is 0.407. The first-order chi connectivity index (χ1) is 11.0. The van der Waals surface area contributed by atoms with Gasteiger partial charge in [-0.15, -0.1) is 0 Å². The van der Waals surface area contributed by atoms with Crippen molar-refractivity contribution in [3.63, 3.8) is 0 Å². The number of aliphatic hydroxyl groups is 1. The highest BCUT2D eigenvalue weighted by Crippen LogP contribution is 2.16. The van der Waals surface area contributed by atoms with E-state index in [0.29, 0.717) is 37.4 Å². The van der Waals surface area contributed by atoms with Crippen LogP contribution in [-0.2, 0) is 9.84 Å². The second-order valence-corrected chi connectivity index (χ2v) is 10.4. The molecule has 0 amide bonds. The molecule has 0 bridgehead atoms. The average Bonchev–Trinajstić information content (AvgIpc) is 2.42. The third-order valence-electron chi connectivity index (χ3n) is 3.79. The minimum Gasteiger partial charge on any atom is -0.396 e. The maximum Gasteiger partial charge on any atom is 0.191 e. The summed E-state index contributed by atoms with van der Waals surface area (Å²) in [5.74, 6) is 1.61. The number of nitrogens with zero attached hydrogens (tertiary/aromatic N) is 1. The Morgan fingerprint density at radius 3 is 2.29 bits per heavy atom. The third kappa shape index (κ3) is 9.47. The van der Waals surface area contributed by atoms with Crippen molar-refractivity contribution in [2.24, 2.45) is 16.8 Å². The van der Waals surface area contributed by atoms with E-state index in [0.717, 1.165) is 12.8 Å². The molecule has 0 aliphatic heterocycles. The van der Waals surface area contributed by atoms with Gasteiger partial charge in [-0.25, -0.2) is 8.42 Å². The number of guanidine groups is 1. The molecule has 0 aromatic heterocycles. The van der Waals surface area contributed by atoms with Gasteiger partial charge in [0, 0.05) is 26.2 Å². The van der Waals surface area contributed by atoms with Gasteiger partial charge in [0.1, 0.15) is 0 Å². The van der Waals surface area contributed by atoms with Crippen LogP contribution in [0.2, 0.25) is 0 Å². The van der Waals surface area contributed by atoms with E-state index in [1.807, 2.05) is 6.92 Å². The van der Waals surface area contributed by atoms with Crippen LogP contribution in [0.1, 0.15) is 54.4 Å². The molecule has 1 atom stereocenters. The van der Waals surface area contributed by atoms with Crippen LogP contribution in [0.5, 0.6) is 0 Å². The fraction of sp³-hybridized carbons (Fsp3) is 0.941. The first-order valence-corrected chi connectivity index (χ1v) is 10.5. The monoisotopic (exact) mass is 363 g/mol. The van der Waals surface area contributed by atoms with Gasteiger partial charge < -0.3 is 15.7 Å². The fourth-order valence-corrected chi connectivity index (χ4v) is 3.29. The Labute approximate surface area is 148 Å². The number of sulfone groups is 1. The number of hydrogen-bond donors (Lipinski definition) is 3. The van der Waals surface area contributed by atoms with E-state index < -0.39 is 14.6 Å². The van der Waals surface area contributed by atoms with Gasteiger partial charge in [0.05, 0.1) is 10.5 Å². The lowest BCUT2D eigenvalue weighted by Crippen LogP contribution is -2.42. The molecule has 144 valence electrons. The van der Waals surface area contributed by atoms with Crippen LogP contribution < -0.4 is 10.6 Å². The first-order valence-electron chi connectivity index (χ1n) is 8.88. The third-order valence-corrected chi connectivity index (χ3v) is 6.40. The van der Waals surface area contributed by atoms with Crippen LogP contribution in [0, 0.1) is 11.8 Å². The van der Waals surface area contributed by atoms with E-state index in [9.17, 15) is 13.5 Å². The van der Waals surface area contributed by atoms with Gasteiger partial charge in [-0.1, -0.05) is 13.8 Å². The maximum absolute atomic E-state index is 12.1. The summed E-state index contributed by atoms with van der Waals surface area (Å²) in [7, 11) is -3.14. The summed E-state index contributed by atoms with van der Waals surface area (Å²) in [6, 6.07) is 0. The lowest BCUT2D eigenvalue weighted by atomic mass is 9.94. The van der Waals surface area contributed by atoms with Gasteiger partial charge in [-0.3, -0.25) is 4.99 Å². The van der Waals surface area contributed by atoms with Crippen molar-refractivity contribution in [2.75, 3.05) is 32.0 Å². The highest BCUT2D eigenvalue weighted by Gasteiger charge is 2.28. The van der Waals surface area contributed by atoms with Crippen molar-refractivity contribution in [1.29, 1.82) is 0 Å². The standard InChI is InChI=1S/C17H37N3O3S/c1-7-18-16(19-9-11-24(22,23)17(4,5)6)20-13-15(8-10-21)12-14(2)3/h14-15,21H,7-13H2,1-6H3,(H2,18,19,20). The highest BCUT2D eigenvalue weighted by atomic mass is 32.2. The summed E-state index contributed by atoms with van der Waals surface area (Å²) in [5.41, 5.74) is 0. The van der Waals surface area contributed by atoms with Crippen molar-refractivity contribution >= 4 is 15.8 Å². The molecule has 0 saturated heterocycles.